The number of ether oxygens (including phenoxy) is 2. The van der Waals surface area contributed by atoms with Crippen LogP contribution < -0.4 is 20.2 Å². The fraction of sp³-hybridized carbons (Fsp3) is 0.385. The number of thiocarbonyl (C=S) groups is 1. The van der Waals surface area contributed by atoms with Crippen LogP contribution in [0.4, 0.5) is 0 Å². The van der Waals surface area contributed by atoms with Gasteiger partial charge < -0.3 is 14.8 Å². The van der Waals surface area contributed by atoms with Crippen LogP contribution in [-0.2, 0) is 0 Å². The molecule has 2 N–H and O–H groups in total. The van der Waals surface area contributed by atoms with Gasteiger partial charge in [0, 0.05) is 6.54 Å². The van der Waals surface area contributed by atoms with Gasteiger partial charge in [-0.2, -0.15) is 5.10 Å². The highest BCUT2D eigenvalue weighted by atomic mass is 35.5. The second-order valence-electron chi connectivity index (χ2n) is 3.70. The fourth-order valence-electron chi connectivity index (χ4n) is 1.49. The van der Waals surface area contributed by atoms with Crippen molar-refractivity contribution >= 4 is 35.1 Å². The van der Waals surface area contributed by atoms with Crippen LogP contribution in [-0.4, -0.2) is 31.6 Å². The average Bonchev–Trinajstić information content (AvgIpc) is 2.39. The van der Waals surface area contributed by atoms with E-state index in [-0.39, 0.29) is 0 Å². The highest BCUT2D eigenvalue weighted by molar-refractivity contribution is 7.80. The van der Waals surface area contributed by atoms with Crippen molar-refractivity contribution in [2.45, 2.75) is 13.8 Å². The predicted molar refractivity (Wildman–Crippen MR) is 86.2 cm³/mol. The molecule has 0 aromatic heterocycles. The lowest BCUT2D eigenvalue weighted by Gasteiger charge is -2.11. The number of halogens is 1. The third kappa shape index (κ3) is 4.86. The Hall–Kier alpha value is -1.53. The van der Waals surface area contributed by atoms with Crippen molar-refractivity contribution in [2.24, 2.45) is 5.10 Å². The van der Waals surface area contributed by atoms with Crippen molar-refractivity contribution in [1.82, 2.24) is 10.7 Å². The van der Waals surface area contributed by atoms with Crippen molar-refractivity contribution in [2.75, 3.05) is 20.3 Å². The maximum atomic E-state index is 6.14. The number of hydrogen-bond acceptors (Lipinski definition) is 4. The standard InChI is InChI=1S/C13H18ClN3O2S/c1-4-15-13(20)17-16-8-9-6-10(14)12(18-3)11(7-9)19-5-2/h6-8H,4-5H2,1-3H3,(H2,15,17,20)/b16-8-. The Morgan fingerprint density at radius 2 is 2.20 bits per heavy atom. The molecule has 0 saturated heterocycles. The highest BCUT2D eigenvalue weighted by Crippen LogP contribution is 2.35. The van der Waals surface area contributed by atoms with E-state index in [1.54, 1.807) is 25.5 Å². The van der Waals surface area contributed by atoms with Gasteiger partial charge in [0.05, 0.1) is 25.0 Å². The summed E-state index contributed by atoms with van der Waals surface area (Å²) in [5.41, 5.74) is 3.49. The Balaban J connectivity index is 2.85. The maximum absolute atomic E-state index is 6.14. The van der Waals surface area contributed by atoms with E-state index in [4.69, 9.17) is 33.3 Å². The molecule has 7 heteroatoms. The Bertz CT molecular complexity index is 495. The van der Waals surface area contributed by atoms with E-state index in [2.05, 4.69) is 15.8 Å². The molecule has 1 rings (SSSR count). The minimum absolute atomic E-state index is 0.466. The van der Waals surface area contributed by atoms with Crippen LogP contribution in [0.5, 0.6) is 11.5 Å². The topological polar surface area (TPSA) is 54.9 Å². The number of benzene rings is 1. The van der Waals surface area contributed by atoms with E-state index in [1.165, 1.54) is 0 Å². The van der Waals surface area contributed by atoms with Gasteiger partial charge in [0.2, 0.25) is 0 Å². The molecule has 0 aliphatic rings. The first-order valence-electron chi connectivity index (χ1n) is 6.19. The molecular weight excluding hydrogens is 298 g/mol. The number of hydrogen-bond donors (Lipinski definition) is 2. The van der Waals surface area contributed by atoms with Gasteiger partial charge in [-0.1, -0.05) is 11.6 Å². The Morgan fingerprint density at radius 1 is 1.45 bits per heavy atom. The molecule has 0 bridgehead atoms. The molecule has 0 unspecified atom stereocenters. The van der Waals surface area contributed by atoms with Crippen LogP contribution in [0, 0.1) is 0 Å². The molecule has 0 spiro atoms. The summed E-state index contributed by atoms with van der Waals surface area (Å²) in [5, 5.41) is 7.89. The zero-order valence-electron chi connectivity index (χ0n) is 11.7. The molecule has 0 aliphatic carbocycles. The molecule has 110 valence electrons. The molecule has 0 atom stereocenters. The second kappa shape index (κ2) is 8.60. The zero-order chi connectivity index (χ0) is 15.0. The lowest BCUT2D eigenvalue weighted by Crippen LogP contribution is -2.31. The van der Waals surface area contributed by atoms with Gasteiger partial charge in [-0.3, -0.25) is 5.43 Å². The number of hydrazone groups is 1. The van der Waals surface area contributed by atoms with Crippen LogP contribution >= 0.6 is 23.8 Å². The van der Waals surface area contributed by atoms with Gasteiger partial charge in [0.1, 0.15) is 0 Å². The van der Waals surface area contributed by atoms with Gasteiger partial charge in [-0.15, -0.1) is 0 Å². The van der Waals surface area contributed by atoms with E-state index in [0.717, 1.165) is 12.1 Å². The predicted octanol–water partition coefficient (Wildman–Crippen LogP) is 2.57. The molecule has 5 nitrogen and oxygen atoms in total. The van der Waals surface area contributed by atoms with Gasteiger partial charge >= 0.3 is 0 Å². The third-order valence-electron chi connectivity index (χ3n) is 2.25. The van der Waals surface area contributed by atoms with Crippen molar-refractivity contribution in [1.29, 1.82) is 0 Å². The van der Waals surface area contributed by atoms with E-state index >= 15 is 0 Å². The molecule has 20 heavy (non-hydrogen) atoms. The van der Waals surface area contributed by atoms with Crippen LogP contribution in [0.3, 0.4) is 0 Å². The summed E-state index contributed by atoms with van der Waals surface area (Å²) >= 11 is 11.1. The summed E-state index contributed by atoms with van der Waals surface area (Å²) in [6.45, 7) is 5.11. The first kappa shape index (κ1) is 16.5. The first-order chi connectivity index (χ1) is 9.62. The van der Waals surface area contributed by atoms with Gasteiger partial charge in [-0.05, 0) is 43.8 Å². The summed E-state index contributed by atoms with van der Waals surface area (Å²) in [4.78, 5) is 0. The van der Waals surface area contributed by atoms with Crippen LogP contribution in [0.15, 0.2) is 17.2 Å². The molecule has 0 heterocycles. The highest BCUT2D eigenvalue weighted by Gasteiger charge is 2.10. The maximum Gasteiger partial charge on any atom is 0.186 e. The third-order valence-corrected chi connectivity index (χ3v) is 2.77. The average molecular weight is 316 g/mol. The largest absolute Gasteiger partial charge is 0.491 e. The number of rotatable bonds is 6. The number of nitrogens with zero attached hydrogens (tertiary/aromatic N) is 1. The quantitative estimate of drug-likeness (QED) is 0.480. The molecular formula is C13H18ClN3O2S. The van der Waals surface area contributed by atoms with E-state index < -0.39 is 0 Å². The summed E-state index contributed by atoms with van der Waals surface area (Å²) in [5.74, 6) is 1.10. The summed E-state index contributed by atoms with van der Waals surface area (Å²) < 4.78 is 10.7. The first-order valence-corrected chi connectivity index (χ1v) is 6.98. The molecule has 0 aliphatic heterocycles. The van der Waals surface area contributed by atoms with Crippen molar-refractivity contribution in [3.05, 3.63) is 22.7 Å². The van der Waals surface area contributed by atoms with E-state index in [9.17, 15) is 0 Å². The van der Waals surface area contributed by atoms with Gasteiger partial charge in [0.25, 0.3) is 0 Å². The zero-order valence-corrected chi connectivity index (χ0v) is 13.3. The Kier molecular flexibility index (Phi) is 7.11. The Morgan fingerprint density at radius 3 is 2.80 bits per heavy atom. The molecule has 1 aromatic carbocycles. The van der Waals surface area contributed by atoms with Crippen molar-refractivity contribution in [3.8, 4) is 11.5 Å². The molecule has 0 fully saturated rings. The van der Waals surface area contributed by atoms with Crippen LogP contribution in [0.2, 0.25) is 5.02 Å². The summed E-state index contributed by atoms with van der Waals surface area (Å²) in [6.07, 6.45) is 1.61. The van der Waals surface area contributed by atoms with Crippen molar-refractivity contribution < 1.29 is 9.47 Å². The molecule has 0 radical (unpaired) electrons. The van der Waals surface area contributed by atoms with Gasteiger partial charge in [-0.25, -0.2) is 0 Å². The van der Waals surface area contributed by atoms with Gasteiger partial charge in [0.15, 0.2) is 16.6 Å². The summed E-state index contributed by atoms with van der Waals surface area (Å²) in [6, 6.07) is 3.54. The minimum atomic E-state index is 0.466. The summed E-state index contributed by atoms with van der Waals surface area (Å²) in [7, 11) is 1.55. The lowest BCUT2D eigenvalue weighted by atomic mass is 10.2. The SMILES string of the molecule is CCNC(=S)N/N=C\c1cc(Cl)c(OC)c(OCC)c1. The van der Waals surface area contributed by atoms with Crippen LogP contribution in [0.25, 0.3) is 0 Å². The Labute approximate surface area is 129 Å². The normalized spacial score (nSPS) is 10.4. The fourth-order valence-corrected chi connectivity index (χ4v) is 1.98. The minimum Gasteiger partial charge on any atom is -0.491 e. The van der Waals surface area contributed by atoms with Crippen LogP contribution in [0.1, 0.15) is 19.4 Å². The molecule has 1 aromatic rings. The monoisotopic (exact) mass is 315 g/mol. The lowest BCUT2D eigenvalue weighted by molar-refractivity contribution is 0.311. The number of methoxy groups -OCH3 is 1. The molecule has 0 amide bonds. The molecule has 0 saturated carbocycles. The second-order valence-corrected chi connectivity index (χ2v) is 4.51. The van der Waals surface area contributed by atoms with E-state index in [1.807, 2.05) is 13.8 Å². The smallest absolute Gasteiger partial charge is 0.186 e. The van der Waals surface area contributed by atoms with Crippen molar-refractivity contribution in [3.63, 3.8) is 0 Å². The number of nitrogens with one attached hydrogen (secondary N) is 2. The van der Waals surface area contributed by atoms with E-state index in [0.29, 0.717) is 28.2 Å².